The number of aromatic nitrogens is 4. The first-order valence-corrected chi connectivity index (χ1v) is 8.12. The molecule has 2 heterocycles. The minimum Gasteiger partial charge on any atom is -0.350 e. The van der Waals surface area contributed by atoms with Gasteiger partial charge in [-0.1, -0.05) is 18.2 Å². The molecule has 0 radical (unpaired) electrons. The molecule has 0 aliphatic heterocycles. The molecular weight excluding hydrogens is 316 g/mol. The first kappa shape index (κ1) is 16.9. The lowest BCUT2D eigenvalue weighted by atomic mass is 10.1. The summed E-state index contributed by atoms with van der Waals surface area (Å²) in [4.78, 5) is 23.0. The average molecular weight is 338 g/mol. The van der Waals surface area contributed by atoms with Crippen LogP contribution in [0.5, 0.6) is 0 Å². The van der Waals surface area contributed by atoms with E-state index in [2.05, 4.69) is 20.4 Å². The van der Waals surface area contributed by atoms with E-state index in [1.54, 1.807) is 4.52 Å². The second kappa shape index (κ2) is 6.51. The van der Waals surface area contributed by atoms with Crippen LogP contribution < -0.4 is 10.2 Å². The lowest BCUT2D eigenvalue weighted by molar-refractivity contribution is -0.114. The number of nitrogens with zero attached hydrogens (tertiary/aromatic N) is 5. The van der Waals surface area contributed by atoms with E-state index >= 15 is 0 Å². The molecule has 1 aromatic carbocycles. The molecule has 1 amide bonds. The fourth-order valence-corrected chi connectivity index (χ4v) is 2.94. The van der Waals surface area contributed by atoms with E-state index < -0.39 is 0 Å². The van der Waals surface area contributed by atoms with Crippen LogP contribution in [-0.2, 0) is 4.79 Å². The third kappa shape index (κ3) is 3.17. The van der Waals surface area contributed by atoms with Crippen LogP contribution in [0, 0.1) is 27.7 Å². The molecule has 3 rings (SSSR count). The number of para-hydroxylation sites is 1. The number of benzene rings is 1. The number of nitrogens with one attached hydrogen (secondary N) is 1. The van der Waals surface area contributed by atoms with Crippen LogP contribution in [0.4, 0.5) is 11.5 Å². The van der Waals surface area contributed by atoms with Gasteiger partial charge in [0.2, 0.25) is 5.91 Å². The van der Waals surface area contributed by atoms with Gasteiger partial charge in [0.15, 0.2) is 0 Å². The highest BCUT2D eigenvalue weighted by Crippen LogP contribution is 2.22. The van der Waals surface area contributed by atoms with Crippen molar-refractivity contribution in [2.75, 3.05) is 23.8 Å². The summed E-state index contributed by atoms with van der Waals surface area (Å²) in [7, 11) is 1.87. The molecule has 0 aliphatic carbocycles. The normalized spacial score (nSPS) is 10.9. The molecular formula is C18H22N6O. The highest BCUT2D eigenvalue weighted by Gasteiger charge is 2.17. The van der Waals surface area contributed by atoms with E-state index in [1.165, 1.54) is 6.33 Å². The first-order chi connectivity index (χ1) is 11.9. The molecule has 0 aliphatic rings. The number of carbonyl (C=O) groups is 1. The molecule has 0 saturated heterocycles. The second-order valence-corrected chi connectivity index (χ2v) is 6.29. The summed E-state index contributed by atoms with van der Waals surface area (Å²) in [6.45, 7) is 8.08. The summed E-state index contributed by atoms with van der Waals surface area (Å²) in [6, 6.07) is 5.96. The van der Waals surface area contributed by atoms with Gasteiger partial charge in [0.25, 0.3) is 5.78 Å². The Morgan fingerprint density at radius 1 is 1.20 bits per heavy atom. The lowest BCUT2D eigenvalue weighted by Gasteiger charge is -2.22. The van der Waals surface area contributed by atoms with Crippen molar-refractivity contribution in [2.24, 2.45) is 0 Å². The standard InChI is InChI=1S/C18H22N6O/c1-11-7-6-8-12(2)16(11)22-15(25)9-23(5)17-13(3)14(4)21-18-19-10-20-24(17)18/h6-8,10H,9H2,1-5H3,(H,22,25). The Bertz CT molecular complexity index is 926. The molecule has 25 heavy (non-hydrogen) atoms. The molecule has 0 bridgehead atoms. The minimum absolute atomic E-state index is 0.0815. The largest absolute Gasteiger partial charge is 0.350 e. The van der Waals surface area contributed by atoms with Crippen molar-refractivity contribution in [3.05, 3.63) is 46.9 Å². The van der Waals surface area contributed by atoms with Crippen molar-refractivity contribution in [1.82, 2.24) is 19.6 Å². The zero-order valence-electron chi connectivity index (χ0n) is 15.2. The van der Waals surface area contributed by atoms with Crippen molar-refractivity contribution in [3.8, 4) is 0 Å². The maximum Gasteiger partial charge on any atom is 0.254 e. The summed E-state index contributed by atoms with van der Waals surface area (Å²) in [6.07, 6.45) is 1.47. The van der Waals surface area contributed by atoms with Crippen LogP contribution in [-0.4, -0.2) is 39.1 Å². The highest BCUT2D eigenvalue weighted by molar-refractivity contribution is 5.95. The van der Waals surface area contributed by atoms with Gasteiger partial charge in [-0.05, 0) is 38.8 Å². The summed E-state index contributed by atoms with van der Waals surface area (Å²) >= 11 is 0. The number of rotatable bonds is 4. The van der Waals surface area contributed by atoms with Gasteiger partial charge in [0, 0.05) is 24.0 Å². The van der Waals surface area contributed by atoms with Crippen LogP contribution in [0.3, 0.4) is 0 Å². The third-order valence-corrected chi connectivity index (χ3v) is 4.36. The molecule has 130 valence electrons. The maximum atomic E-state index is 12.6. The predicted octanol–water partition coefficient (Wildman–Crippen LogP) is 2.43. The number of anilines is 2. The van der Waals surface area contributed by atoms with Crippen LogP contribution in [0.1, 0.15) is 22.4 Å². The summed E-state index contributed by atoms with van der Waals surface area (Å²) in [5.74, 6) is 1.26. The Labute approximate surface area is 146 Å². The first-order valence-electron chi connectivity index (χ1n) is 8.12. The third-order valence-electron chi connectivity index (χ3n) is 4.36. The van der Waals surface area contributed by atoms with Gasteiger partial charge in [-0.15, -0.1) is 0 Å². The summed E-state index contributed by atoms with van der Waals surface area (Å²) in [5.41, 5.74) is 4.81. The predicted molar refractivity (Wildman–Crippen MR) is 98.1 cm³/mol. The van der Waals surface area contributed by atoms with Gasteiger partial charge >= 0.3 is 0 Å². The zero-order valence-corrected chi connectivity index (χ0v) is 15.2. The Balaban J connectivity index is 1.85. The number of carbonyl (C=O) groups excluding carboxylic acids is 1. The van der Waals surface area contributed by atoms with E-state index in [9.17, 15) is 4.79 Å². The SMILES string of the molecule is Cc1cccc(C)c1NC(=O)CN(C)c1c(C)c(C)nc2ncnn12. The molecule has 2 aromatic heterocycles. The van der Waals surface area contributed by atoms with Gasteiger partial charge in [-0.3, -0.25) is 4.79 Å². The fourth-order valence-electron chi connectivity index (χ4n) is 2.94. The van der Waals surface area contributed by atoms with Crippen LogP contribution >= 0.6 is 0 Å². The van der Waals surface area contributed by atoms with Crippen molar-refractivity contribution < 1.29 is 4.79 Å². The van der Waals surface area contributed by atoms with Crippen molar-refractivity contribution in [2.45, 2.75) is 27.7 Å². The monoisotopic (exact) mass is 338 g/mol. The summed E-state index contributed by atoms with van der Waals surface area (Å²) in [5, 5.41) is 7.24. The smallest absolute Gasteiger partial charge is 0.254 e. The van der Waals surface area contributed by atoms with E-state index in [-0.39, 0.29) is 12.5 Å². The van der Waals surface area contributed by atoms with Crippen LogP contribution in [0.2, 0.25) is 0 Å². The van der Waals surface area contributed by atoms with E-state index in [1.807, 2.05) is 57.8 Å². The molecule has 0 saturated carbocycles. The van der Waals surface area contributed by atoms with Gasteiger partial charge in [-0.2, -0.15) is 14.6 Å². The zero-order chi connectivity index (χ0) is 18.1. The van der Waals surface area contributed by atoms with Gasteiger partial charge < -0.3 is 10.2 Å². The highest BCUT2D eigenvalue weighted by atomic mass is 16.2. The van der Waals surface area contributed by atoms with Crippen molar-refractivity contribution in [3.63, 3.8) is 0 Å². The minimum atomic E-state index is -0.0815. The van der Waals surface area contributed by atoms with Gasteiger partial charge in [0.05, 0.1) is 6.54 Å². The Morgan fingerprint density at radius 2 is 1.88 bits per heavy atom. The quantitative estimate of drug-likeness (QED) is 0.791. The molecule has 7 heteroatoms. The van der Waals surface area contributed by atoms with E-state index in [4.69, 9.17) is 0 Å². The lowest BCUT2D eigenvalue weighted by Crippen LogP contribution is -2.32. The molecule has 1 N–H and O–H groups in total. The number of hydrogen-bond donors (Lipinski definition) is 1. The van der Waals surface area contributed by atoms with E-state index in [0.717, 1.165) is 33.9 Å². The average Bonchev–Trinajstić information content (AvgIpc) is 2.99. The Morgan fingerprint density at radius 3 is 2.56 bits per heavy atom. The molecule has 0 atom stereocenters. The van der Waals surface area contributed by atoms with Crippen LogP contribution in [0.15, 0.2) is 24.5 Å². The molecule has 3 aromatic rings. The van der Waals surface area contributed by atoms with Crippen molar-refractivity contribution in [1.29, 1.82) is 0 Å². The van der Waals surface area contributed by atoms with Crippen LogP contribution in [0.25, 0.3) is 5.78 Å². The Kier molecular flexibility index (Phi) is 4.39. The van der Waals surface area contributed by atoms with Gasteiger partial charge in [-0.25, -0.2) is 4.98 Å². The van der Waals surface area contributed by atoms with Crippen molar-refractivity contribution >= 4 is 23.2 Å². The molecule has 7 nitrogen and oxygen atoms in total. The number of fused-ring (bicyclic) bond motifs is 1. The van der Waals surface area contributed by atoms with Gasteiger partial charge in [0.1, 0.15) is 12.1 Å². The van der Waals surface area contributed by atoms with E-state index in [0.29, 0.717) is 5.78 Å². The number of aryl methyl sites for hydroxylation is 3. The number of amides is 1. The number of likely N-dealkylation sites (N-methyl/N-ethyl adjacent to an activating group) is 1. The fraction of sp³-hybridized carbons (Fsp3) is 0.333. The topological polar surface area (TPSA) is 75.4 Å². The maximum absolute atomic E-state index is 12.6. The Hall–Kier alpha value is -2.96. The second-order valence-electron chi connectivity index (χ2n) is 6.29. The summed E-state index contributed by atoms with van der Waals surface area (Å²) < 4.78 is 1.66. The molecule has 0 spiro atoms. The number of hydrogen-bond acceptors (Lipinski definition) is 5. The molecule has 0 unspecified atom stereocenters. The molecule has 0 fully saturated rings.